The molecule has 4 rings (SSSR count). The molecule has 30 heavy (non-hydrogen) atoms. The SMILES string of the molecule is Cc1sc(NC(=O)CCCn2cnc3ccccc3c2=O)nc1-c1ccc(Br)cc1. The van der Waals surface area contributed by atoms with Gasteiger partial charge in [-0.3, -0.25) is 14.2 Å². The fourth-order valence-corrected chi connectivity index (χ4v) is 4.30. The lowest BCUT2D eigenvalue weighted by molar-refractivity contribution is -0.116. The predicted molar refractivity (Wildman–Crippen MR) is 124 cm³/mol. The van der Waals surface area contributed by atoms with Crippen LogP contribution in [0.15, 0.2) is 64.1 Å². The smallest absolute Gasteiger partial charge is 0.261 e. The Morgan fingerprint density at radius 3 is 2.73 bits per heavy atom. The minimum Gasteiger partial charge on any atom is -0.302 e. The van der Waals surface area contributed by atoms with Gasteiger partial charge in [-0.05, 0) is 37.6 Å². The van der Waals surface area contributed by atoms with Gasteiger partial charge < -0.3 is 5.32 Å². The van der Waals surface area contributed by atoms with Crippen molar-refractivity contribution < 1.29 is 4.79 Å². The number of nitrogens with one attached hydrogen (secondary N) is 1. The van der Waals surface area contributed by atoms with Crippen LogP contribution in [0.5, 0.6) is 0 Å². The number of anilines is 1. The van der Waals surface area contributed by atoms with E-state index in [2.05, 4.69) is 31.2 Å². The van der Waals surface area contributed by atoms with Gasteiger partial charge in [0.2, 0.25) is 5.91 Å². The highest BCUT2D eigenvalue weighted by molar-refractivity contribution is 9.10. The maximum Gasteiger partial charge on any atom is 0.261 e. The summed E-state index contributed by atoms with van der Waals surface area (Å²) in [5, 5.41) is 4.04. The van der Waals surface area contributed by atoms with Crippen molar-refractivity contribution in [1.82, 2.24) is 14.5 Å². The molecule has 2 aromatic heterocycles. The van der Waals surface area contributed by atoms with Crippen molar-refractivity contribution in [2.75, 3.05) is 5.32 Å². The van der Waals surface area contributed by atoms with Gasteiger partial charge >= 0.3 is 0 Å². The van der Waals surface area contributed by atoms with Crippen LogP contribution in [0.3, 0.4) is 0 Å². The average Bonchev–Trinajstić information content (AvgIpc) is 3.10. The van der Waals surface area contributed by atoms with E-state index in [1.54, 1.807) is 10.6 Å². The van der Waals surface area contributed by atoms with Crippen molar-refractivity contribution in [3.05, 3.63) is 74.6 Å². The van der Waals surface area contributed by atoms with Crippen molar-refractivity contribution in [3.63, 3.8) is 0 Å². The third-order valence-corrected chi connectivity index (χ3v) is 6.11. The Hall–Kier alpha value is -2.84. The molecule has 2 aromatic carbocycles. The Labute approximate surface area is 185 Å². The van der Waals surface area contributed by atoms with E-state index in [0.29, 0.717) is 35.4 Å². The fraction of sp³-hybridized carbons (Fsp3) is 0.182. The van der Waals surface area contributed by atoms with Crippen molar-refractivity contribution >= 4 is 49.2 Å². The zero-order chi connectivity index (χ0) is 21.1. The largest absolute Gasteiger partial charge is 0.302 e. The summed E-state index contributed by atoms with van der Waals surface area (Å²) in [5.41, 5.74) is 2.47. The molecule has 0 fully saturated rings. The molecule has 0 aliphatic carbocycles. The van der Waals surface area contributed by atoms with Crippen LogP contribution in [-0.4, -0.2) is 20.4 Å². The summed E-state index contributed by atoms with van der Waals surface area (Å²) < 4.78 is 2.56. The number of carbonyl (C=O) groups is 1. The number of carbonyl (C=O) groups excluding carboxylic acids is 1. The summed E-state index contributed by atoms with van der Waals surface area (Å²) in [6, 6.07) is 15.2. The molecule has 6 nitrogen and oxygen atoms in total. The molecule has 0 atom stereocenters. The zero-order valence-electron chi connectivity index (χ0n) is 16.3. The number of halogens is 1. The summed E-state index contributed by atoms with van der Waals surface area (Å²) in [6.45, 7) is 2.43. The van der Waals surface area contributed by atoms with Gasteiger partial charge in [-0.2, -0.15) is 0 Å². The maximum atomic E-state index is 12.5. The van der Waals surface area contributed by atoms with Gasteiger partial charge in [-0.25, -0.2) is 9.97 Å². The number of rotatable bonds is 6. The summed E-state index contributed by atoms with van der Waals surface area (Å²) >= 11 is 4.89. The second-order valence-electron chi connectivity index (χ2n) is 6.84. The van der Waals surface area contributed by atoms with Crippen molar-refractivity contribution in [2.45, 2.75) is 26.3 Å². The monoisotopic (exact) mass is 482 g/mol. The van der Waals surface area contributed by atoms with Crippen LogP contribution in [0.1, 0.15) is 17.7 Å². The Morgan fingerprint density at radius 2 is 1.93 bits per heavy atom. The number of hydrogen-bond donors (Lipinski definition) is 1. The van der Waals surface area contributed by atoms with Gasteiger partial charge in [-0.15, -0.1) is 11.3 Å². The molecule has 1 amide bonds. The second-order valence-corrected chi connectivity index (χ2v) is 8.96. The number of aromatic nitrogens is 3. The first-order valence-electron chi connectivity index (χ1n) is 9.48. The number of nitrogens with zero attached hydrogens (tertiary/aromatic N) is 3. The molecule has 4 aromatic rings. The van der Waals surface area contributed by atoms with Crippen LogP contribution in [0.2, 0.25) is 0 Å². The quantitative estimate of drug-likeness (QED) is 0.418. The molecule has 0 aliphatic rings. The number of thiazole rings is 1. The molecule has 0 spiro atoms. The van der Waals surface area contributed by atoms with Gasteiger partial charge in [-0.1, -0.05) is 40.2 Å². The van der Waals surface area contributed by atoms with E-state index in [1.807, 2.05) is 49.4 Å². The van der Waals surface area contributed by atoms with E-state index in [1.165, 1.54) is 17.7 Å². The molecule has 0 radical (unpaired) electrons. The minimum atomic E-state index is -0.118. The molecule has 152 valence electrons. The van der Waals surface area contributed by atoms with E-state index in [4.69, 9.17) is 0 Å². The highest BCUT2D eigenvalue weighted by Crippen LogP contribution is 2.31. The van der Waals surface area contributed by atoms with Gasteiger partial charge in [0, 0.05) is 27.9 Å². The third-order valence-electron chi connectivity index (χ3n) is 4.69. The zero-order valence-corrected chi connectivity index (χ0v) is 18.7. The molecular formula is C22H19BrN4O2S. The summed E-state index contributed by atoms with van der Waals surface area (Å²) in [5.74, 6) is -0.118. The third kappa shape index (κ3) is 4.49. The van der Waals surface area contributed by atoms with Crippen LogP contribution in [0.4, 0.5) is 5.13 Å². The Balaban J connectivity index is 1.37. The van der Waals surface area contributed by atoms with Crippen LogP contribution in [0, 0.1) is 6.92 Å². The van der Waals surface area contributed by atoms with Crippen LogP contribution in [-0.2, 0) is 11.3 Å². The molecule has 0 saturated carbocycles. The average molecular weight is 483 g/mol. The number of hydrogen-bond acceptors (Lipinski definition) is 5. The highest BCUT2D eigenvalue weighted by Gasteiger charge is 2.12. The molecule has 1 N–H and O–H groups in total. The van der Waals surface area contributed by atoms with E-state index in [-0.39, 0.29) is 11.5 Å². The number of benzene rings is 2. The number of fused-ring (bicyclic) bond motifs is 1. The Kier molecular flexibility index (Phi) is 6.06. The number of amides is 1. The first kappa shape index (κ1) is 20.4. The van der Waals surface area contributed by atoms with Gasteiger partial charge in [0.25, 0.3) is 5.56 Å². The normalized spacial score (nSPS) is 11.0. The van der Waals surface area contributed by atoms with Crippen LogP contribution in [0.25, 0.3) is 22.2 Å². The van der Waals surface area contributed by atoms with E-state index < -0.39 is 0 Å². The molecule has 0 bridgehead atoms. The van der Waals surface area contributed by atoms with Crippen molar-refractivity contribution in [2.24, 2.45) is 0 Å². The minimum absolute atomic E-state index is 0.0873. The van der Waals surface area contributed by atoms with E-state index in [9.17, 15) is 9.59 Å². The fourth-order valence-electron chi connectivity index (χ4n) is 3.18. The molecule has 2 heterocycles. The topological polar surface area (TPSA) is 76.9 Å². The van der Waals surface area contributed by atoms with E-state index >= 15 is 0 Å². The van der Waals surface area contributed by atoms with Crippen molar-refractivity contribution in [1.29, 1.82) is 0 Å². The predicted octanol–water partition coefficient (Wildman–Crippen LogP) is 5.01. The number of aryl methyl sites for hydroxylation is 2. The standard InChI is InChI=1S/C22H19BrN4O2S/c1-14-20(15-8-10-16(23)11-9-15)26-22(30-14)25-19(28)7-4-12-27-13-24-18-6-3-2-5-17(18)21(27)29/h2-3,5-6,8-11,13H,4,7,12H2,1H3,(H,25,26,28). The maximum absolute atomic E-state index is 12.5. The van der Waals surface area contributed by atoms with E-state index in [0.717, 1.165) is 20.6 Å². The molecule has 0 saturated heterocycles. The lowest BCUT2D eigenvalue weighted by atomic mass is 10.1. The first-order valence-corrected chi connectivity index (χ1v) is 11.1. The Morgan fingerprint density at radius 1 is 1.17 bits per heavy atom. The lowest BCUT2D eigenvalue weighted by Crippen LogP contribution is -2.21. The molecule has 8 heteroatoms. The molecule has 0 aliphatic heterocycles. The van der Waals surface area contributed by atoms with Crippen LogP contribution < -0.4 is 10.9 Å². The first-order chi connectivity index (χ1) is 14.5. The van der Waals surface area contributed by atoms with Crippen molar-refractivity contribution in [3.8, 4) is 11.3 Å². The second kappa shape index (κ2) is 8.89. The summed E-state index contributed by atoms with van der Waals surface area (Å²) in [6.07, 6.45) is 2.37. The van der Waals surface area contributed by atoms with Gasteiger partial charge in [0.1, 0.15) is 0 Å². The van der Waals surface area contributed by atoms with Gasteiger partial charge in [0.05, 0.1) is 22.9 Å². The molecular weight excluding hydrogens is 464 g/mol. The molecule has 0 unspecified atom stereocenters. The van der Waals surface area contributed by atoms with Crippen LogP contribution >= 0.6 is 27.3 Å². The summed E-state index contributed by atoms with van der Waals surface area (Å²) in [4.78, 5) is 34.8. The lowest BCUT2D eigenvalue weighted by Gasteiger charge is -2.06. The Bertz CT molecular complexity index is 1260. The van der Waals surface area contributed by atoms with Gasteiger partial charge in [0.15, 0.2) is 5.13 Å². The number of para-hydroxylation sites is 1. The summed E-state index contributed by atoms with van der Waals surface area (Å²) in [7, 11) is 0. The highest BCUT2D eigenvalue weighted by atomic mass is 79.9.